The van der Waals surface area contributed by atoms with E-state index in [0.717, 1.165) is 17.5 Å². The second-order valence-corrected chi connectivity index (χ2v) is 3.25. The van der Waals surface area contributed by atoms with Crippen molar-refractivity contribution >= 4 is 6.98 Å². The Balaban J connectivity index is 2.51. The largest absolute Gasteiger partial charge is 0.499 e. The van der Waals surface area contributed by atoms with Crippen molar-refractivity contribution < 1.29 is 12.9 Å². The van der Waals surface area contributed by atoms with Gasteiger partial charge in [-0.25, -0.2) is 0 Å². The highest BCUT2D eigenvalue weighted by Gasteiger charge is 2.24. The molecule has 0 spiro atoms. The summed E-state index contributed by atoms with van der Waals surface area (Å²) in [7, 11) is 0. The summed E-state index contributed by atoms with van der Waals surface area (Å²) < 4.78 is 36.8. The van der Waals surface area contributed by atoms with Gasteiger partial charge in [0.1, 0.15) is 0 Å². The smallest absolute Gasteiger partial charge is 0.448 e. The monoisotopic (exact) mass is 206 g/mol. The second-order valence-electron chi connectivity index (χ2n) is 3.25. The average Bonchev–Trinajstić information content (AvgIpc) is 2.46. The van der Waals surface area contributed by atoms with Gasteiger partial charge in [-0.3, -0.25) is 4.68 Å². The minimum atomic E-state index is -4.82. The Morgan fingerprint density at radius 1 is 1.43 bits per heavy atom. The molecule has 80 valence electrons. The Bertz CT molecular complexity index is 284. The number of nitrogens with zero attached hydrogens (tertiary/aromatic N) is 3. The summed E-state index contributed by atoms with van der Waals surface area (Å²) in [6.07, 6.45) is 2.98. The number of aromatic nitrogens is 3. The number of unbranched alkanes of at least 4 members (excludes halogenated alkanes) is 1. The van der Waals surface area contributed by atoms with Gasteiger partial charge in [0.15, 0.2) is 0 Å². The number of hydrogen-bond donors (Lipinski definition) is 0. The highest BCUT2D eigenvalue weighted by Crippen LogP contribution is 2.11. The van der Waals surface area contributed by atoms with Crippen LogP contribution in [-0.2, 0) is 12.9 Å². The molecule has 0 N–H and O–H groups in total. The van der Waals surface area contributed by atoms with Crippen molar-refractivity contribution in [2.45, 2.75) is 32.6 Å². The maximum Gasteiger partial charge on any atom is 0.499 e. The van der Waals surface area contributed by atoms with Crippen LogP contribution < -0.4 is 0 Å². The summed E-state index contributed by atoms with van der Waals surface area (Å²) in [6, 6.07) is 0. The topological polar surface area (TPSA) is 30.7 Å². The maximum atomic E-state index is 12.0. The molecule has 0 unspecified atom stereocenters. The fourth-order valence-electron chi connectivity index (χ4n) is 1.11. The summed E-state index contributed by atoms with van der Waals surface area (Å²) in [5, 5.41) is 7.08. The van der Waals surface area contributed by atoms with Gasteiger partial charge < -0.3 is 12.9 Å². The van der Waals surface area contributed by atoms with E-state index in [9.17, 15) is 12.9 Å². The summed E-state index contributed by atoms with van der Waals surface area (Å²) in [5.74, 6) is 0. The lowest BCUT2D eigenvalue weighted by atomic mass is 9.93. The van der Waals surface area contributed by atoms with E-state index in [0.29, 0.717) is 12.1 Å². The molecule has 0 saturated heterocycles. The Kier molecular flexibility index (Phi) is 3.54. The lowest BCUT2D eigenvalue weighted by Gasteiger charge is -2.11. The SMILES string of the molecule is CCCCc1cn(C[B-](F)(F)F)nn1. The van der Waals surface area contributed by atoms with Crippen molar-refractivity contribution in [1.29, 1.82) is 0 Å². The molecule has 1 rings (SSSR count). The summed E-state index contributed by atoms with van der Waals surface area (Å²) >= 11 is 0. The highest BCUT2D eigenvalue weighted by molar-refractivity contribution is 6.57. The molecule has 0 aliphatic rings. The van der Waals surface area contributed by atoms with Gasteiger partial charge in [0.2, 0.25) is 0 Å². The van der Waals surface area contributed by atoms with Gasteiger partial charge in [0.25, 0.3) is 0 Å². The molecule has 0 aliphatic heterocycles. The van der Waals surface area contributed by atoms with Crippen LogP contribution in [0.3, 0.4) is 0 Å². The standard InChI is InChI=1S/C7H12BF3N3/c1-2-3-4-7-5-14(13-12-7)6-8(9,10)11/h5H,2-4,6H2,1H3/q-1. The fourth-order valence-corrected chi connectivity index (χ4v) is 1.11. The zero-order valence-electron chi connectivity index (χ0n) is 7.96. The van der Waals surface area contributed by atoms with Crippen LogP contribution in [0.2, 0.25) is 0 Å². The van der Waals surface area contributed by atoms with Crippen LogP contribution in [0.25, 0.3) is 0 Å². The average molecular weight is 206 g/mol. The number of aryl methyl sites for hydroxylation is 1. The quantitative estimate of drug-likeness (QED) is 0.689. The second kappa shape index (κ2) is 4.48. The van der Waals surface area contributed by atoms with Crippen LogP contribution in [0, 0.1) is 0 Å². The van der Waals surface area contributed by atoms with E-state index in [1.165, 1.54) is 6.20 Å². The first kappa shape index (κ1) is 11.1. The number of rotatable bonds is 5. The van der Waals surface area contributed by atoms with Gasteiger partial charge in [-0.1, -0.05) is 18.6 Å². The predicted octanol–water partition coefficient (Wildman–Crippen LogP) is 2.01. The van der Waals surface area contributed by atoms with E-state index in [-0.39, 0.29) is 0 Å². The first-order valence-corrected chi connectivity index (χ1v) is 4.61. The van der Waals surface area contributed by atoms with Gasteiger partial charge in [-0.05, 0) is 12.8 Å². The van der Waals surface area contributed by atoms with Crippen LogP contribution in [0.4, 0.5) is 12.9 Å². The van der Waals surface area contributed by atoms with Crippen LogP contribution in [0.5, 0.6) is 0 Å². The van der Waals surface area contributed by atoms with Gasteiger partial charge in [0, 0.05) is 12.6 Å². The molecule has 0 aliphatic carbocycles. The molecule has 0 atom stereocenters. The third-order valence-electron chi connectivity index (χ3n) is 1.77. The van der Waals surface area contributed by atoms with Crippen molar-refractivity contribution in [2.24, 2.45) is 0 Å². The molecular weight excluding hydrogens is 194 g/mol. The Morgan fingerprint density at radius 3 is 2.71 bits per heavy atom. The van der Waals surface area contributed by atoms with Gasteiger partial charge in [0.05, 0.1) is 5.69 Å². The minimum absolute atomic E-state index is 0.631. The number of halogens is 3. The molecule has 0 fully saturated rings. The maximum absolute atomic E-state index is 12.0. The third-order valence-corrected chi connectivity index (χ3v) is 1.77. The summed E-state index contributed by atoms with van der Waals surface area (Å²) in [5.41, 5.74) is 0.631. The van der Waals surface area contributed by atoms with Crippen molar-refractivity contribution in [3.8, 4) is 0 Å². The zero-order chi connectivity index (χ0) is 10.6. The van der Waals surface area contributed by atoms with E-state index in [2.05, 4.69) is 10.3 Å². The summed E-state index contributed by atoms with van der Waals surface area (Å²) in [4.78, 5) is 0. The Hall–Kier alpha value is -1.01. The van der Waals surface area contributed by atoms with E-state index in [1.807, 2.05) is 6.92 Å². The fraction of sp³-hybridized carbons (Fsp3) is 0.714. The third kappa shape index (κ3) is 3.80. The minimum Gasteiger partial charge on any atom is -0.448 e. The molecule has 0 amide bonds. The van der Waals surface area contributed by atoms with Crippen LogP contribution in [0.15, 0.2) is 6.20 Å². The highest BCUT2D eigenvalue weighted by atomic mass is 19.4. The lowest BCUT2D eigenvalue weighted by Crippen LogP contribution is -2.24. The molecule has 1 aromatic rings. The molecular formula is C7H12BF3N3-. The van der Waals surface area contributed by atoms with E-state index < -0.39 is 13.4 Å². The molecule has 1 heterocycles. The predicted molar refractivity (Wildman–Crippen MR) is 47.7 cm³/mol. The lowest BCUT2D eigenvalue weighted by molar-refractivity contribution is 0.433. The molecule has 0 saturated carbocycles. The molecule has 0 bridgehead atoms. The normalized spacial score (nSPS) is 12.0. The Morgan fingerprint density at radius 2 is 2.14 bits per heavy atom. The molecule has 1 aromatic heterocycles. The van der Waals surface area contributed by atoms with E-state index in [1.54, 1.807) is 0 Å². The van der Waals surface area contributed by atoms with E-state index >= 15 is 0 Å². The molecule has 7 heteroatoms. The molecule has 3 nitrogen and oxygen atoms in total. The molecule has 14 heavy (non-hydrogen) atoms. The number of hydrogen-bond acceptors (Lipinski definition) is 2. The molecule has 0 aromatic carbocycles. The van der Waals surface area contributed by atoms with Gasteiger partial charge in [-0.2, -0.15) is 0 Å². The Labute approximate surface area is 80.4 Å². The molecule has 0 radical (unpaired) electrons. The van der Waals surface area contributed by atoms with Gasteiger partial charge >= 0.3 is 6.98 Å². The van der Waals surface area contributed by atoms with Crippen LogP contribution in [0.1, 0.15) is 25.5 Å². The van der Waals surface area contributed by atoms with Crippen molar-refractivity contribution in [3.05, 3.63) is 11.9 Å². The first-order valence-electron chi connectivity index (χ1n) is 4.61. The first-order chi connectivity index (χ1) is 6.51. The van der Waals surface area contributed by atoms with Gasteiger partial charge in [-0.15, -0.1) is 5.10 Å². The zero-order valence-corrected chi connectivity index (χ0v) is 7.96. The van der Waals surface area contributed by atoms with Crippen molar-refractivity contribution in [3.63, 3.8) is 0 Å². The van der Waals surface area contributed by atoms with Crippen LogP contribution >= 0.6 is 0 Å². The van der Waals surface area contributed by atoms with E-state index in [4.69, 9.17) is 0 Å². The van der Waals surface area contributed by atoms with Crippen LogP contribution in [-0.4, -0.2) is 22.0 Å². The van der Waals surface area contributed by atoms with Crippen molar-refractivity contribution in [1.82, 2.24) is 15.0 Å². The van der Waals surface area contributed by atoms with Crippen molar-refractivity contribution in [2.75, 3.05) is 0 Å². The summed E-state index contributed by atoms with van der Waals surface area (Å²) in [6.45, 7) is -2.81.